The minimum atomic E-state index is -4.38. The normalized spacial score (nSPS) is 27.8. The summed E-state index contributed by atoms with van der Waals surface area (Å²) in [7, 11) is 1.92. The van der Waals surface area contributed by atoms with E-state index < -0.39 is 18.0 Å². The van der Waals surface area contributed by atoms with Crippen molar-refractivity contribution in [3.8, 4) is 0 Å². The molecule has 10 heteroatoms. The molecule has 1 fully saturated rings. The largest absolute Gasteiger partial charge is 0.415 e. The SMILES string of the molecule is C=C=C(C[C@H](C)NC)N[C@H]1N/C(N2CCN[C@H](O)C2)=C/CC(C)C(CC[C@@H](C)C/C=C\C(=C)C(F)(F)F)N1. The van der Waals surface area contributed by atoms with Crippen molar-refractivity contribution in [2.24, 2.45) is 11.8 Å². The first-order valence-electron chi connectivity index (χ1n) is 13.6. The van der Waals surface area contributed by atoms with Gasteiger partial charge in [-0.05, 0) is 57.6 Å². The smallest absolute Gasteiger partial charge is 0.377 e. The molecule has 0 aromatic heterocycles. The van der Waals surface area contributed by atoms with Crippen molar-refractivity contribution in [1.82, 2.24) is 31.5 Å². The first-order chi connectivity index (χ1) is 17.9. The molecule has 0 aromatic carbocycles. The molecule has 0 amide bonds. The number of aliphatic hydroxyl groups excluding tert-OH is 1. The van der Waals surface area contributed by atoms with E-state index in [-0.39, 0.29) is 24.3 Å². The minimum absolute atomic E-state index is 0.177. The Morgan fingerprint density at radius 1 is 1.37 bits per heavy atom. The molecule has 216 valence electrons. The van der Waals surface area contributed by atoms with Crippen LogP contribution in [0.3, 0.4) is 0 Å². The quantitative estimate of drug-likeness (QED) is 0.167. The monoisotopic (exact) mass is 540 g/mol. The number of rotatable bonds is 12. The van der Waals surface area contributed by atoms with Crippen molar-refractivity contribution in [2.75, 3.05) is 26.7 Å². The second-order valence-corrected chi connectivity index (χ2v) is 10.6. The highest BCUT2D eigenvalue weighted by Gasteiger charge is 2.30. The third kappa shape index (κ3) is 10.9. The van der Waals surface area contributed by atoms with Gasteiger partial charge >= 0.3 is 6.18 Å². The predicted octanol–water partition coefficient (Wildman–Crippen LogP) is 3.66. The number of halogens is 3. The highest BCUT2D eigenvalue weighted by molar-refractivity contribution is 5.19. The number of nitrogens with one attached hydrogen (secondary N) is 5. The Morgan fingerprint density at radius 2 is 2.11 bits per heavy atom. The van der Waals surface area contributed by atoms with E-state index in [0.717, 1.165) is 49.8 Å². The lowest BCUT2D eigenvalue weighted by Crippen LogP contribution is -2.60. The highest BCUT2D eigenvalue weighted by atomic mass is 19.4. The summed E-state index contributed by atoms with van der Waals surface area (Å²) >= 11 is 0. The minimum Gasteiger partial charge on any atom is -0.377 e. The molecule has 2 unspecified atom stereocenters. The zero-order valence-corrected chi connectivity index (χ0v) is 23.3. The van der Waals surface area contributed by atoms with E-state index in [1.807, 2.05) is 7.05 Å². The number of hydrogen-bond acceptors (Lipinski definition) is 7. The van der Waals surface area contributed by atoms with E-state index in [0.29, 0.717) is 25.4 Å². The number of aliphatic hydroxyl groups is 1. The van der Waals surface area contributed by atoms with Crippen LogP contribution < -0.4 is 26.6 Å². The summed E-state index contributed by atoms with van der Waals surface area (Å²) in [5.41, 5.74) is 3.09. The molecule has 7 nitrogen and oxygen atoms in total. The van der Waals surface area contributed by atoms with E-state index in [2.05, 4.69) is 77.2 Å². The van der Waals surface area contributed by atoms with Crippen molar-refractivity contribution in [1.29, 1.82) is 0 Å². The molecule has 2 heterocycles. The lowest BCUT2D eigenvalue weighted by atomic mass is 9.89. The molecule has 1 saturated heterocycles. The average molecular weight is 541 g/mol. The van der Waals surface area contributed by atoms with Gasteiger partial charge in [-0.3, -0.25) is 10.6 Å². The Hall–Kier alpha value is -2.23. The summed E-state index contributed by atoms with van der Waals surface area (Å²) in [5.74, 6) is 1.53. The number of hydrogen-bond donors (Lipinski definition) is 6. The number of allylic oxidation sites excluding steroid dienone is 4. The van der Waals surface area contributed by atoms with Crippen LogP contribution in [0.25, 0.3) is 0 Å². The fourth-order valence-corrected chi connectivity index (χ4v) is 4.59. The Balaban J connectivity index is 2.10. The number of nitrogens with zero attached hydrogens (tertiary/aromatic N) is 1. The van der Waals surface area contributed by atoms with Crippen LogP contribution in [0, 0.1) is 11.8 Å². The van der Waals surface area contributed by atoms with Crippen LogP contribution in [-0.2, 0) is 0 Å². The molecule has 0 saturated carbocycles. The maximum atomic E-state index is 12.7. The van der Waals surface area contributed by atoms with Crippen molar-refractivity contribution in [3.05, 3.63) is 54.2 Å². The van der Waals surface area contributed by atoms with Crippen molar-refractivity contribution < 1.29 is 18.3 Å². The topological polar surface area (TPSA) is 83.6 Å². The Morgan fingerprint density at radius 3 is 2.74 bits per heavy atom. The second-order valence-electron chi connectivity index (χ2n) is 10.6. The molecular formula is C28H47F3N6O. The molecular weight excluding hydrogens is 493 g/mol. The van der Waals surface area contributed by atoms with Crippen LogP contribution in [0.1, 0.15) is 52.9 Å². The van der Waals surface area contributed by atoms with E-state index in [1.165, 1.54) is 0 Å². The average Bonchev–Trinajstić information content (AvgIpc) is 2.86. The molecule has 2 rings (SSSR count). The van der Waals surface area contributed by atoms with E-state index >= 15 is 0 Å². The number of piperazine rings is 1. The van der Waals surface area contributed by atoms with Gasteiger partial charge in [0.2, 0.25) is 0 Å². The Labute approximate surface area is 226 Å². The van der Waals surface area contributed by atoms with Gasteiger partial charge < -0.3 is 26.0 Å². The second kappa shape index (κ2) is 15.4. The Kier molecular flexibility index (Phi) is 12.9. The van der Waals surface area contributed by atoms with Crippen LogP contribution in [0.4, 0.5) is 13.2 Å². The molecule has 6 atom stereocenters. The standard InChI is InChI=1S/C28H47F3N6O/c1-7-23(17-22(5)32-6)34-27-35-24(13-11-19(2)9-8-10-21(4)28(29,30)31)20(3)12-14-25(36-27)37-16-15-33-26(38)18-37/h8,10,14,19-20,22,24,26-27,32-36,38H,1,4,9,11-13,15-18H2,2-3,5-6H3/b10-8-,25-14-/t19-,20?,22-,24?,26+,27+/m0/s1. The molecule has 6 N–H and O–H groups in total. The lowest BCUT2D eigenvalue weighted by molar-refractivity contribution is -0.0878. The molecule has 0 aliphatic carbocycles. The molecule has 0 radical (unpaired) electrons. The molecule has 2 aliphatic rings. The van der Waals surface area contributed by atoms with Crippen molar-refractivity contribution in [2.45, 2.75) is 83.7 Å². The summed E-state index contributed by atoms with van der Waals surface area (Å²) in [4.78, 5) is 2.15. The van der Waals surface area contributed by atoms with Crippen LogP contribution in [0.2, 0.25) is 0 Å². The summed E-state index contributed by atoms with van der Waals surface area (Å²) in [6.07, 6.45) is 3.51. The molecule has 2 aliphatic heterocycles. The molecule has 0 aromatic rings. The molecule has 0 spiro atoms. The van der Waals surface area contributed by atoms with E-state index in [4.69, 9.17) is 0 Å². The van der Waals surface area contributed by atoms with Crippen molar-refractivity contribution in [3.63, 3.8) is 0 Å². The molecule has 38 heavy (non-hydrogen) atoms. The first-order valence-corrected chi connectivity index (χ1v) is 13.6. The molecule has 0 bridgehead atoms. The highest BCUT2D eigenvalue weighted by Crippen LogP contribution is 2.26. The van der Waals surface area contributed by atoms with Gasteiger partial charge in [0.05, 0.1) is 18.1 Å². The summed E-state index contributed by atoms with van der Waals surface area (Å²) < 4.78 is 38.0. The van der Waals surface area contributed by atoms with E-state index in [9.17, 15) is 18.3 Å². The third-order valence-electron chi connectivity index (χ3n) is 7.27. The van der Waals surface area contributed by atoms with Crippen LogP contribution >= 0.6 is 0 Å². The van der Waals surface area contributed by atoms with Gasteiger partial charge in [-0.1, -0.05) is 39.2 Å². The lowest BCUT2D eigenvalue weighted by Gasteiger charge is -2.40. The van der Waals surface area contributed by atoms with Gasteiger partial charge in [0.1, 0.15) is 6.23 Å². The summed E-state index contributed by atoms with van der Waals surface area (Å²) in [6, 6.07) is 0.423. The van der Waals surface area contributed by atoms with Gasteiger partial charge in [-0.15, -0.1) is 5.73 Å². The third-order valence-corrected chi connectivity index (χ3v) is 7.27. The van der Waals surface area contributed by atoms with Gasteiger partial charge in [-0.25, -0.2) is 0 Å². The van der Waals surface area contributed by atoms with Gasteiger partial charge in [0.15, 0.2) is 6.29 Å². The number of β-amino-alcohol motifs (C(OH)–C–C–N with tert-alkyl or cyclic N) is 1. The van der Waals surface area contributed by atoms with Gasteiger partial charge in [0, 0.05) is 37.2 Å². The van der Waals surface area contributed by atoms with Crippen molar-refractivity contribution >= 4 is 0 Å². The van der Waals surface area contributed by atoms with Gasteiger partial charge in [0.25, 0.3) is 0 Å². The zero-order valence-electron chi connectivity index (χ0n) is 23.3. The van der Waals surface area contributed by atoms with Crippen LogP contribution in [-0.4, -0.2) is 67.5 Å². The van der Waals surface area contributed by atoms with Crippen LogP contribution in [0.15, 0.2) is 54.2 Å². The Bertz CT molecular complexity index is 867. The predicted molar refractivity (Wildman–Crippen MR) is 148 cm³/mol. The van der Waals surface area contributed by atoms with E-state index in [1.54, 1.807) is 6.08 Å². The summed E-state index contributed by atoms with van der Waals surface area (Å²) in [6.45, 7) is 15.3. The summed E-state index contributed by atoms with van der Waals surface area (Å²) in [5, 5.41) is 27.3. The van der Waals surface area contributed by atoms with Gasteiger partial charge in [-0.2, -0.15) is 13.2 Å². The maximum absolute atomic E-state index is 12.7. The fourth-order valence-electron chi connectivity index (χ4n) is 4.59. The fraction of sp³-hybridized carbons (Fsp3) is 0.679. The maximum Gasteiger partial charge on any atom is 0.415 e. The first kappa shape index (κ1) is 32.0. The van der Waals surface area contributed by atoms with Crippen LogP contribution in [0.5, 0.6) is 0 Å². The number of alkyl halides is 3. The zero-order chi connectivity index (χ0) is 28.3.